The van der Waals surface area contributed by atoms with E-state index in [9.17, 15) is 8.78 Å². The Balaban J connectivity index is 2.76. The molecule has 0 aliphatic carbocycles. The highest BCUT2D eigenvalue weighted by atomic mass is 32.2. The number of benzene rings is 1. The molecule has 0 heterocycles. The Kier molecular flexibility index (Phi) is 4.91. The van der Waals surface area contributed by atoms with E-state index in [0.717, 1.165) is 6.07 Å². The van der Waals surface area contributed by atoms with E-state index in [-0.39, 0.29) is 10.8 Å². The van der Waals surface area contributed by atoms with Crippen molar-refractivity contribution < 1.29 is 8.78 Å². The fourth-order valence-corrected chi connectivity index (χ4v) is 2.26. The maximum atomic E-state index is 13.1. The summed E-state index contributed by atoms with van der Waals surface area (Å²) in [7, 11) is 0. The van der Waals surface area contributed by atoms with Crippen LogP contribution in [0.2, 0.25) is 0 Å². The summed E-state index contributed by atoms with van der Waals surface area (Å²) in [6.45, 7) is 6.28. The van der Waals surface area contributed by atoms with Gasteiger partial charge in [0.05, 0.1) is 6.04 Å². The van der Waals surface area contributed by atoms with Gasteiger partial charge in [-0.05, 0) is 17.7 Å². The van der Waals surface area contributed by atoms with E-state index in [1.54, 1.807) is 17.8 Å². The molecule has 2 nitrogen and oxygen atoms in total. The Morgan fingerprint density at radius 3 is 2.41 bits per heavy atom. The molecule has 0 saturated carbocycles. The highest BCUT2D eigenvalue weighted by molar-refractivity contribution is 8.00. The summed E-state index contributed by atoms with van der Waals surface area (Å²) in [6.07, 6.45) is 0. The van der Waals surface area contributed by atoms with E-state index < -0.39 is 11.6 Å². The molecule has 96 valence electrons. The smallest absolute Gasteiger partial charge is 0.159 e. The van der Waals surface area contributed by atoms with Crippen LogP contribution in [-0.4, -0.2) is 10.5 Å². The molecule has 0 aromatic heterocycles. The van der Waals surface area contributed by atoms with E-state index in [0.29, 0.717) is 11.3 Å². The van der Waals surface area contributed by atoms with Crippen molar-refractivity contribution in [3.05, 3.63) is 35.4 Å². The second-order valence-corrected chi connectivity index (χ2v) is 6.66. The normalized spacial score (nSPS) is 13.8. The highest BCUT2D eigenvalue weighted by Crippen LogP contribution is 2.28. The van der Waals surface area contributed by atoms with Gasteiger partial charge in [0.1, 0.15) is 0 Å². The summed E-state index contributed by atoms with van der Waals surface area (Å²) in [6, 6.07) is 3.67. The zero-order chi connectivity index (χ0) is 13.1. The lowest BCUT2D eigenvalue weighted by Crippen LogP contribution is -2.31. The van der Waals surface area contributed by atoms with E-state index in [2.05, 4.69) is 26.2 Å². The molecule has 3 N–H and O–H groups in total. The number of hydrazine groups is 1. The summed E-state index contributed by atoms with van der Waals surface area (Å²) >= 11 is 1.71. The molecule has 0 bridgehead atoms. The summed E-state index contributed by atoms with van der Waals surface area (Å²) in [5.41, 5.74) is 3.28. The lowest BCUT2D eigenvalue weighted by molar-refractivity contribution is 0.502. The third kappa shape index (κ3) is 4.61. The lowest BCUT2D eigenvalue weighted by atomic mass is 10.1. The first kappa shape index (κ1) is 14.4. The molecule has 0 aliphatic heterocycles. The molecule has 1 rings (SSSR count). The first-order chi connectivity index (χ1) is 7.83. The Bertz CT molecular complexity index is 377. The van der Waals surface area contributed by atoms with Crippen LogP contribution in [0.3, 0.4) is 0 Å². The van der Waals surface area contributed by atoms with Gasteiger partial charge in [0.25, 0.3) is 0 Å². The third-order valence-electron chi connectivity index (χ3n) is 2.23. The van der Waals surface area contributed by atoms with Gasteiger partial charge in [-0.2, -0.15) is 11.8 Å². The number of rotatable bonds is 4. The fraction of sp³-hybridized carbons (Fsp3) is 0.500. The molecule has 0 spiro atoms. The van der Waals surface area contributed by atoms with Crippen molar-refractivity contribution in [1.29, 1.82) is 0 Å². The summed E-state index contributed by atoms with van der Waals surface area (Å²) in [5, 5.41) is 0. The van der Waals surface area contributed by atoms with Crippen LogP contribution in [0.4, 0.5) is 8.78 Å². The maximum Gasteiger partial charge on any atom is 0.159 e. The van der Waals surface area contributed by atoms with Gasteiger partial charge < -0.3 is 0 Å². The largest absolute Gasteiger partial charge is 0.271 e. The quantitative estimate of drug-likeness (QED) is 0.645. The van der Waals surface area contributed by atoms with E-state index in [1.165, 1.54) is 6.07 Å². The molecule has 0 saturated heterocycles. The van der Waals surface area contributed by atoms with Crippen LogP contribution in [0.5, 0.6) is 0 Å². The standard InChI is InChI=1S/C12H18F2N2S/c1-12(2,3)17-7-11(16-15)8-4-5-9(13)10(14)6-8/h4-6,11,16H,7,15H2,1-3H3. The molecular weight excluding hydrogens is 242 g/mol. The van der Waals surface area contributed by atoms with Crippen molar-refractivity contribution in [2.75, 3.05) is 5.75 Å². The average molecular weight is 260 g/mol. The van der Waals surface area contributed by atoms with Crippen LogP contribution < -0.4 is 11.3 Å². The van der Waals surface area contributed by atoms with Crippen molar-refractivity contribution in [2.45, 2.75) is 31.6 Å². The van der Waals surface area contributed by atoms with Gasteiger partial charge in [-0.3, -0.25) is 11.3 Å². The Morgan fingerprint density at radius 2 is 1.94 bits per heavy atom. The third-order valence-corrected chi connectivity index (χ3v) is 3.60. The number of thioether (sulfide) groups is 1. The molecular formula is C12H18F2N2S. The number of halogens is 2. The molecule has 1 unspecified atom stereocenters. The Morgan fingerprint density at radius 1 is 1.29 bits per heavy atom. The molecule has 0 amide bonds. The number of nitrogens with two attached hydrogens (primary N) is 1. The number of nitrogens with one attached hydrogen (secondary N) is 1. The Hall–Kier alpha value is -0.650. The summed E-state index contributed by atoms with van der Waals surface area (Å²) < 4.78 is 26.0. The van der Waals surface area contributed by atoms with E-state index >= 15 is 0 Å². The molecule has 0 aliphatic rings. The lowest BCUT2D eigenvalue weighted by Gasteiger charge is -2.22. The fourth-order valence-electron chi connectivity index (χ4n) is 1.30. The van der Waals surface area contributed by atoms with Crippen molar-refractivity contribution in [3.63, 3.8) is 0 Å². The van der Waals surface area contributed by atoms with Crippen molar-refractivity contribution >= 4 is 11.8 Å². The van der Waals surface area contributed by atoms with Gasteiger partial charge >= 0.3 is 0 Å². The summed E-state index contributed by atoms with van der Waals surface area (Å²) in [4.78, 5) is 0. The molecule has 0 radical (unpaired) electrons. The van der Waals surface area contributed by atoms with Gasteiger partial charge in [0.15, 0.2) is 11.6 Å². The zero-order valence-electron chi connectivity index (χ0n) is 10.3. The number of hydrogen-bond acceptors (Lipinski definition) is 3. The molecule has 17 heavy (non-hydrogen) atoms. The van der Waals surface area contributed by atoms with Crippen LogP contribution in [0.15, 0.2) is 18.2 Å². The molecule has 0 fully saturated rings. The summed E-state index contributed by atoms with van der Waals surface area (Å²) in [5.74, 6) is 4.46. The second-order valence-electron chi connectivity index (χ2n) is 4.82. The van der Waals surface area contributed by atoms with Crippen molar-refractivity contribution in [2.24, 2.45) is 5.84 Å². The average Bonchev–Trinajstić information content (AvgIpc) is 2.22. The monoisotopic (exact) mass is 260 g/mol. The minimum atomic E-state index is -0.844. The van der Waals surface area contributed by atoms with E-state index in [1.807, 2.05) is 0 Å². The van der Waals surface area contributed by atoms with E-state index in [4.69, 9.17) is 5.84 Å². The van der Waals surface area contributed by atoms with Crippen LogP contribution in [-0.2, 0) is 0 Å². The predicted octanol–water partition coefficient (Wildman–Crippen LogP) is 3.00. The second kappa shape index (κ2) is 5.80. The molecule has 1 aromatic carbocycles. The molecule has 1 aromatic rings. The van der Waals surface area contributed by atoms with Crippen molar-refractivity contribution in [1.82, 2.24) is 5.43 Å². The Labute approximate surface area is 105 Å². The highest BCUT2D eigenvalue weighted by Gasteiger charge is 2.17. The van der Waals surface area contributed by atoms with Gasteiger partial charge in [0.2, 0.25) is 0 Å². The first-order valence-electron chi connectivity index (χ1n) is 5.38. The SMILES string of the molecule is CC(C)(C)SCC(NN)c1ccc(F)c(F)c1. The maximum absolute atomic E-state index is 13.1. The topological polar surface area (TPSA) is 38.0 Å². The van der Waals surface area contributed by atoms with Gasteiger partial charge in [0, 0.05) is 10.5 Å². The predicted molar refractivity (Wildman–Crippen MR) is 68.6 cm³/mol. The van der Waals surface area contributed by atoms with Gasteiger partial charge in [-0.25, -0.2) is 8.78 Å². The van der Waals surface area contributed by atoms with Crippen LogP contribution >= 0.6 is 11.8 Å². The minimum Gasteiger partial charge on any atom is -0.271 e. The minimum absolute atomic E-state index is 0.105. The van der Waals surface area contributed by atoms with Gasteiger partial charge in [-0.1, -0.05) is 26.8 Å². The van der Waals surface area contributed by atoms with Crippen molar-refractivity contribution in [3.8, 4) is 0 Å². The van der Waals surface area contributed by atoms with Crippen LogP contribution in [0.25, 0.3) is 0 Å². The zero-order valence-corrected chi connectivity index (χ0v) is 11.1. The first-order valence-corrected chi connectivity index (χ1v) is 6.37. The van der Waals surface area contributed by atoms with Crippen LogP contribution in [0.1, 0.15) is 32.4 Å². The van der Waals surface area contributed by atoms with Gasteiger partial charge in [-0.15, -0.1) is 0 Å². The number of hydrogen-bond donors (Lipinski definition) is 2. The molecule has 5 heteroatoms. The molecule has 1 atom stereocenters. The van der Waals surface area contributed by atoms with Crippen LogP contribution in [0, 0.1) is 11.6 Å².